The minimum Gasteiger partial charge on any atom is -0.374 e. The Bertz CT molecular complexity index is 1130. The van der Waals surface area contributed by atoms with Gasteiger partial charge in [-0.15, -0.1) is 0 Å². The molecule has 0 radical (unpaired) electrons. The maximum Gasteiger partial charge on any atom is 0.254 e. The van der Waals surface area contributed by atoms with E-state index in [0.29, 0.717) is 12.2 Å². The fraction of sp³-hybridized carbons (Fsp3) is 0.480. The molecule has 3 aliphatic rings. The van der Waals surface area contributed by atoms with E-state index in [1.54, 1.807) is 0 Å². The molecular formula is C25H27BrN4O5S. The van der Waals surface area contributed by atoms with Crippen molar-refractivity contribution in [3.8, 4) is 0 Å². The molecule has 3 aliphatic heterocycles. The van der Waals surface area contributed by atoms with Gasteiger partial charge in [0.15, 0.2) is 6.29 Å². The first-order valence-corrected chi connectivity index (χ1v) is 13.6. The lowest BCUT2D eigenvalue weighted by molar-refractivity contribution is -0.300. The second kappa shape index (κ2) is 11.5. The summed E-state index contributed by atoms with van der Waals surface area (Å²) >= 11 is 4.93. The number of amides is 1. The van der Waals surface area contributed by atoms with Crippen LogP contribution in [0.2, 0.25) is 0 Å². The molecule has 190 valence electrons. The Labute approximate surface area is 222 Å². The number of thioether (sulfide) groups is 1. The number of halogens is 1. The molecule has 0 bridgehead atoms. The SMILES string of the molecule is CCOC1[C@@H](Sc2cc(Br)ccc2C(=O)N2CCC2)OC2COC(c3ccccc3)O[C@@H]2[C@@H]1N=[N+]=[N-]. The fourth-order valence-corrected chi connectivity index (χ4v) is 6.40. The summed E-state index contributed by atoms with van der Waals surface area (Å²) in [5.74, 6) is -0.000437. The zero-order valence-corrected chi connectivity index (χ0v) is 22.1. The van der Waals surface area contributed by atoms with Crippen molar-refractivity contribution in [3.63, 3.8) is 0 Å². The molecule has 0 N–H and O–H groups in total. The molecule has 2 aromatic carbocycles. The first-order chi connectivity index (χ1) is 17.6. The molecular weight excluding hydrogens is 548 g/mol. The van der Waals surface area contributed by atoms with Gasteiger partial charge in [-0.1, -0.05) is 63.1 Å². The highest BCUT2D eigenvalue weighted by molar-refractivity contribution is 9.10. The van der Waals surface area contributed by atoms with E-state index < -0.39 is 36.1 Å². The molecule has 11 heteroatoms. The Kier molecular flexibility index (Phi) is 8.17. The zero-order valence-electron chi connectivity index (χ0n) is 19.7. The van der Waals surface area contributed by atoms with E-state index in [1.807, 2.05) is 60.4 Å². The van der Waals surface area contributed by atoms with E-state index in [0.717, 1.165) is 34.4 Å². The Morgan fingerprint density at radius 1 is 1.25 bits per heavy atom. The van der Waals surface area contributed by atoms with E-state index in [-0.39, 0.29) is 12.5 Å². The number of carbonyl (C=O) groups is 1. The normalized spacial score (nSPS) is 29.6. The van der Waals surface area contributed by atoms with Crippen LogP contribution in [-0.2, 0) is 18.9 Å². The van der Waals surface area contributed by atoms with Crippen molar-refractivity contribution in [1.82, 2.24) is 4.90 Å². The minimum absolute atomic E-state index is 0.000437. The van der Waals surface area contributed by atoms with Crippen molar-refractivity contribution in [2.75, 3.05) is 26.3 Å². The average Bonchev–Trinajstić information content (AvgIpc) is 2.85. The van der Waals surface area contributed by atoms with Crippen molar-refractivity contribution < 1.29 is 23.7 Å². The van der Waals surface area contributed by atoms with Crippen LogP contribution < -0.4 is 0 Å². The highest BCUT2D eigenvalue weighted by atomic mass is 79.9. The molecule has 3 heterocycles. The van der Waals surface area contributed by atoms with E-state index in [4.69, 9.17) is 18.9 Å². The minimum atomic E-state index is -0.636. The maximum atomic E-state index is 13.1. The topological polar surface area (TPSA) is 106 Å². The molecule has 3 saturated heterocycles. The Morgan fingerprint density at radius 3 is 2.75 bits per heavy atom. The van der Waals surface area contributed by atoms with Gasteiger partial charge < -0.3 is 23.8 Å². The van der Waals surface area contributed by atoms with Crippen molar-refractivity contribution >= 4 is 33.6 Å². The largest absolute Gasteiger partial charge is 0.374 e. The zero-order chi connectivity index (χ0) is 25.1. The number of fused-ring (bicyclic) bond motifs is 1. The first kappa shape index (κ1) is 25.5. The molecule has 3 fully saturated rings. The summed E-state index contributed by atoms with van der Waals surface area (Å²) < 4.78 is 25.7. The lowest BCUT2D eigenvalue weighted by Gasteiger charge is -2.48. The molecule has 36 heavy (non-hydrogen) atoms. The fourth-order valence-electron chi connectivity index (χ4n) is 4.59. The third-order valence-corrected chi connectivity index (χ3v) is 8.18. The van der Waals surface area contributed by atoms with Crippen LogP contribution in [0.15, 0.2) is 63.0 Å². The summed E-state index contributed by atoms with van der Waals surface area (Å²) in [7, 11) is 0. The molecule has 0 spiro atoms. The molecule has 1 amide bonds. The molecule has 5 rings (SSSR count). The Balaban J connectivity index is 1.42. The van der Waals surface area contributed by atoms with Crippen LogP contribution in [0.3, 0.4) is 0 Å². The first-order valence-electron chi connectivity index (χ1n) is 12.0. The summed E-state index contributed by atoms with van der Waals surface area (Å²) in [5.41, 5.74) is 10.4. The highest BCUT2D eigenvalue weighted by Gasteiger charge is 2.50. The molecule has 0 saturated carbocycles. The van der Waals surface area contributed by atoms with E-state index in [2.05, 4.69) is 26.0 Å². The summed E-state index contributed by atoms with van der Waals surface area (Å²) in [5, 5.41) is 4.11. The van der Waals surface area contributed by atoms with Gasteiger partial charge in [-0.25, -0.2) is 0 Å². The molecule has 0 aromatic heterocycles. The molecule has 2 aromatic rings. The van der Waals surface area contributed by atoms with Crippen LogP contribution in [0, 0.1) is 0 Å². The van der Waals surface area contributed by atoms with Gasteiger partial charge in [0, 0.05) is 39.5 Å². The summed E-state index contributed by atoms with van der Waals surface area (Å²) in [6, 6.07) is 14.6. The number of benzene rings is 2. The molecule has 9 nitrogen and oxygen atoms in total. The Hall–Kier alpha value is -2.11. The van der Waals surface area contributed by atoms with Gasteiger partial charge in [0.05, 0.1) is 18.2 Å². The van der Waals surface area contributed by atoms with Gasteiger partial charge in [-0.2, -0.15) is 0 Å². The lowest BCUT2D eigenvalue weighted by atomic mass is 9.96. The van der Waals surface area contributed by atoms with Crippen LogP contribution in [-0.4, -0.2) is 66.9 Å². The second-order valence-electron chi connectivity index (χ2n) is 8.74. The number of ether oxygens (including phenoxy) is 4. The number of nitrogens with zero attached hydrogens (tertiary/aromatic N) is 4. The summed E-state index contributed by atoms with van der Waals surface area (Å²) in [6.07, 6.45) is -1.17. The number of hydrogen-bond donors (Lipinski definition) is 0. The standard InChI is InChI=1S/C25H27BrN4O5S/c1-2-32-22-20(28-29-27)21-18(14-33-24(35-21)15-7-4-3-5-8-15)34-25(22)36-19-13-16(26)9-10-17(19)23(31)30-11-6-12-30/h3-5,7-10,13,18,20-22,24-25H,2,6,11-12,14H2,1H3/t18?,20-,21-,22?,24?,25+/m0/s1. The van der Waals surface area contributed by atoms with Gasteiger partial charge >= 0.3 is 0 Å². The summed E-state index contributed by atoms with van der Waals surface area (Å²) in [4.78, 5) is 18.8. The monoisotopic (exact) mass is 574 g/mol. The van der Waals surface area contributed by atoms with E-state index in [1.165, 1.54) is 11.8 Å². The second-order valence-corrected chi connectivity index (χ2v) is 10.8. The van der Waals surface area contributed by atoms with E-state index in [9.17, 15) is 10.3 Å². The lowest BCUT2D eigenvalue weighted by Crippen LogP contribution is -2.60. The van der Waals surface area contributed by atoms with Crippen LogP contribution in [0.5, 0.6) is 0 Å². The van der Waals surface area contributed by atoms with Gasteiger partial charge in [0.2, 0.25) is 0 Å². The number of azide groups is 1. The number of likely N-dealkylation sites (tertiary alicyclic amines) is 1. The van der Waals surface area contributed by atoms with Crippen molar-refractivity contribution in [1.29, 1.82) is 0 Å². The van der Waals surface area contributed by atoms with Crippen molar-refractivity contribution in [3.05, 3.63) is 74.6 Å². The van der Waals surface area contributed by atoms with Gasteiger partial charge in [0.1, 0.15) is 23.7 Å². The van der Waals surface area contributed by atoms with Crippen molar-refractivity contribution in [2.45, 2.75) is 54.3 Å². The quantitative estimate of drug-likeness (QED) is 0.252. The van der Waals surface area contributed by atoms with Gasteiger partial charge in [0.25, 0.3) is 5.91 Å². The predicted molar refractivity (Wildman–Crippen MR) is 138 cm³/mol. The summed E-state index contributed by atoms with van der Waals surface area (Å²) in [6.45, 7) is 4.09. The van der Waals surface area contributed by atoms with Crippen LogP contribution in [0.1, 0.15) is 35.6 Å². The smallest absolute Gasteiger partial charge is 0.254 e. The van der Waals surface area contributed by atoms with Crippen LogP contribution >= 0.6 is 27.7 Å². The van der Waals surface area contributed by atoms with Gasteiger partial charge in [-0.05, 0) is 37.1 Å². The third-order valence-electron chi connectivity index (χ3n) is 6.49. The van der Waals surface area contributed by atoms with Crippen LogP contribution in [0.25, 0.3) is 10.4 Å². The molecule has 3 unspecified atom stereocenters. The number of rotatable bonds is 7. The Morgan fingerprint density at radius 2 is 2.06 bits per heavy atom. The van der Waals surface area contributed by atoms with Crippen molar-refractivity contribution in [2.24, 2.45) is 5.11 Å². The third kappa shape index (κ3) is 5.28. The van der Waals surface area contributed by atoms with Gasteiger partial charge in [-0.3, -0.25) is 4.79 Å². The van der Waals surface area contributed by atoms with E-state index >= 15 is 0 Å². The predicted octanol–water partition coefficient (Wildman–Crippen LogP) is 5.31. The van der Waals surface area contributed by atoms with Crippen LogP contribution in [0.4, 0.5) is 0 Å². The number of carbonyl (C=O) groups excluding carboxylic acids is 1. The molecule has 6 atom stereocenters. The molecule has 0 aliphatic carbocycles. The maximum absolute atomic E-state index is 13.1. The number of hydrogen-bond acceptors (Lipinski definition) is 7. The average molecular weight is 575 g/mol. The highest BCUT2D eigenvalue weighted by Crippen LogP contribution is 2.42.